The fraction of sp³-hybridized carbons (Fsp3) is 0.316. The molecule has 0 aliphatic carbocycles. The van der Waals surface area contributed by atoms with Gasteiger partial charge in [-0.25, -0.2) is 0 Å². The summed E-state index contributed by atoms with van der Waals surface area (Å²) in [7, 11) is -0.366. The Morgan fingerprint density at radius 1 is 0.870 bits per heavy atom. The van der Waals surface area contributed by atoms with E-state index in [2.05, 4.69) is 56.9 Å². The van der Waals surface area contributed by atoms with E-state index in [1.54, 1.807) is 0 Å². The van der Waals surface area contributed by atoms with Crippen LogP contribution in [0.1, 0.15) is 27.7 Å². The molecule has 2 heterocycles. The fourth-order valence-electron chi connectivity index (χ4n) is 3.11. The highest BCUT2D eigenvalue weighted by molar-refractivity contribution is 6.65. The summed E-state index contributed by atoms with van der Waals surface area (Å²) in [6.45, 7) is 8.32. The van der Waals surface area contributed by atoms with E-state index in [4.69, 9.17) is 9.31 Å². The maximum absolute atomic E-state index is 6.26. The van der Waals surface area contributed by atoms with Crippen LogP contribution in [0, 0.1) is 0 Å². The molecule has 4 heteroatoms. The molecule has 0 bridgehead atoms. The van der Waals surface area contributed by atoms with Gasteiger partial charge in [-0.1, -0.05) is 36.4 Å². The van der Waals surface area contributed by atoms with Crippen LogP contribution in [0.2, 0.25) is 0 Å². The Labute approximate surface area is 136 Å². The van der Waals surface area contributed by atoms with E-state index in [0.29, 0.717) is 0 Å². The van der Waals surface area contributed by atoms with Crippen molar-refractivity contribution in [2.24, 2.45) is 0 Å². The van der Waals surface area contributed by atoms with E-state index < -0.39 is 0 Å². The van der Waals surface area contributed by atoms with Crippen molar-refractivity contribution in [3.05, 3.63) is 48.7 Å². The molecule has 0 spiro atoms. The molecular formula is C19H20BNO2. The minimum atomic E-state index is -0.366. The highest BCUT2D eigenvalue weighted by atomic mass is 16.7. The van der Waals surface area contributed by atoms with Crippen molar-refractivity contribution in [2.75, 3.05) is 0 Å². The van der Waals surface area contributed by atoms with E-state index in [0.717, 1.165) is 27.1 Å². The third kappa shape index (κ3) is 2.17. The van der Waals surface area contributed by atoms with Crippen LogP contribution in [-0.4, -0.2) is 23.3 Å². The van der Waals surface area contributed by atoms with Crippen LogP contribution >= 0.6 is 0 Å². The van der Waals surface area contributed by atoms with Gasteiger partial charge in [0.25, 0.3) is 0 Å². The molecule has 116 valence electrons. The Morgan fingerprint density at radius 3 is 2.22 bits per heavy atom. The largest absolute Gasteiger partial charge is 0.495 e. The number of aromatic nitrogens is 1. The molecule has 3 aromatic rings. The zero-order valence-corrected chi connectivity index (χ0v) is 14.0. The predicted molar refractivity (Wildman–Crippen MR) is 95.0 cm³/mol. The van der Waals surface area contributed by atoms with Gasteiger partial charge in [0.05, 0.1) is 16.7 Å². The average molecular weight is 305 g/mol. The van der Waals surface area contributed by atoms with Crippen LogP contribution in [0.4, 0.5) is 0 Å². The lowest BCUT2D eigenvalue weighted by atomic mass is 9.75. The van der Waals surface area contributed by atoms with E-state index in [9.17, 15) is 0 Å². The van der Waals surface area contributed by atoms with Gasteiger partial charge in [-0.2, -0.15) is 0 Å². The molecule has 1 saturated heterocycles. The molecule has 1 aliphatic heterocycles. The minimum Gasteiger partial charge on any atom is -0.399 e. The fourth-order valence-corrected chi connectivity index (χ4v) is 3.11. The van der Waals surface area contributed by atoms with Crippen molar-refractivity contribution < 1.29 is 9.31 Å². The van der Waals surface area contributed by atoms with Gasteiger partial charge < -0.3 is 9.31 Å². The second kappa shape index (κ2) is 4.79. The molecule has 23 heavy (non-hydrogen) atoms. The molecule has 0 radical (unpaired) electrons. The van der Waals surface area contributed by atoms with Crippen molar-refractivity contribution in [1.29, 1.82) is 0 Å². The SMILES string of the molecule is CC1(C)OB(c2cc3cccnc3c3ccccc23)OC1(C)C. The van der Waals surface area contributed by atoms with Gasteiger partial charge in [-0.15, -0.1) is 0 Å². The van der Waals surface area contributed by atoms with Gasteiger partial charge in [0.15, 0.2) is 0 Å². The lowest BCUT2D eigenvalue weighted by molar-refractivity contribution is 0.00578. The van der Waals surface area contributed by atoms with Gasteiger partial charge >= 0.3 is 7.12 Å². The number of pyridine rings is 1. The highest BCUT2D eigenvalue weighted by Gasteiger charge is 2.52. The average Bonchev–Trinajstić information content (AvgIpc) is 2.74. The number of rotatable bonds is 1. The zero-order chi connectivity index (χ0) is 16.2. The summed E-state index contributed by atoms with van der Waals surface area (Å²) in [5, 5.41) is 3.38. The summed E-state index contributed by atoms with van der Waals surface area (Å²) in [5.74, 6) is 0. The van der Waals surface area contributed by atoms with E-state index in [1.807, 2.05) is 24.4 Å². The molecule has 1 aliphatic rings. The molecule has 0 N–H and O–H groups in total. The van der Waals surface area contributed by atoms with Crippen LogP contribution in [0.5, 0.6) is 0 Å². The van der Waals surface area contributed by atoms with Crippen LogP contribution in [0.25, 0.3) is 21.7 Å². The number of nitrogens with zero attached hydrogens (tertiary/aromatic N) is 1. The van der Waals surface area contributed by atoms with Gasteiger partial charge in [-0.05, 0) is 44.6 Å². The van der Waals surface area contributed by atoms with Gasteiger partial charge in [0.1, 0.15) is 0 Å². The molecule has 1 fully saturated rings. The smallest absolute Gasteiger partial charge is 0.399 e. The maximum atomic E-state index is 6.26. The van der Waals surface area contributed by atoms with Crippen LogP contribution < -0.4 is 5.46 Å². The Hall–Kier alpha value is -1.91. The first kappa shape index (κ1) is 14.7. The summed E-state index contributed by atoms with van der Waals surface area (Å²) in [4.78, 5) is 4.55. The lowest BCUT2D eigenvalue weighted by Crippen LogP contribution is -2.41. The monoisotopic (exact) mass is 305 g/mol. The van der Waals surface area contributed by atoms with E-state index in [1.165, 1.54) is 0 Å². The summed E-state index contributed by atoms with van der Waals surface area (Å²) in [6.07, 6.45) is 1.84. The van der Waals surface area contributed by atoms with Crippen LogP contribution in [-0.2, 0) is 9.31 Å². The van der Waals surface area contributed by atoms with Crippen LogP contribution in [0.15, 0.2) is 48.7 Å². The van der Waals surface area contributed by atoms with E-state index >= 15 is 0 Å². The Kier molecular flexibility index (Phi) is 3.06. The second-order valence-electron chi connectivity index (χ2n) is 7.17. The Morgan fingerprint density at radius 2 is 1.52 bits per heavy atom. The predicted octanol–water partition coefficient (Wildman–Crippen LogP) is 3.69. The standard InChI is InChI=1S/C19H20BNO2/c1-18(2)19(3,4)23-20(22-18)16-12-13-8-7-11-21-17(13)15-10-6-5-9-14(15)16/h5-12H,1-4H3. The third-order valence-electron chi connectivity index (χ3n) is 5.15. The molecule has 0 saturated carbocycles. The van der Waals surface area contributed by atoms with Gasteiger partial charge in [0, 0.05) is 17.0 Å². The van der Waals surface area contributed by atoms with E-state index in [-0.39, 0.29) is 18.3 Å². The van der Waals surface area contributed by atoms with Crippen molar-refractivity contribution in [1.82, 2.24) is 4.98 Å². The van der Waals surface area contributed by atoms with Crippen molar-refractivity contribution in [3.8, 4) is 0 Å². The first-order chi connectivity index (χ1) is 10.9. The van der Waals surface area contributed by atoms with Gasteiger partial charge in [-0.3, -0.25) is 4.98 Å². The number of hydrogen-bond acceptors (Lipinski definition) is 3. The quantitative estimate of drug-likeness (QED) is 0.507. The Balaban J connectivity index is 1.97. The van der Waals surface area contributed by atoms with Crippen molar-refractivity contribution >= 4 is 34.3 Å². The summed E-state index contributed by atoms with van der Waals surface area (Å²) in [6, 6.07) is 14.5. The van der Waals surface area contributed by atoms with Crippen LogP contribution in [0.3, 0.4) is 0 Å². The number of hydrogen-bond donors (Lipinski definition) is 0. The topological polar surface area (TPSA) is 31.4 Å². The molecule has 0 amide bonds. The number of benzene rings is 2. The lowest BCUT2D eigenvalue weighted by Gasteiger charge is -2.32. The first-order valence-electron chi connectivity index (χ1n) is 8.01. The first-order valence-corrected chi connectivity index (χ1v) is 8.01. The highest BCUT2D eigenvalue weighted by Crippen LogP contribution is 2.37. The summed E-state index contributed by atoms with van der Waals surface area (Å²) in [5.41, 5.74) is 1.40. The Bertz CT molecular complexity index is 888. The maximum Gasteiger partial charge on any atom is 0.495 e. The number of fused-ring (bicyclic) bond motifs is 3. The van der Waals surface area contributed by atoms with Crippen molar-refractivity contribution in [3.63, 3.8) is 0 Å². The molecule has 4 rings (SSSR count). The molecule has 0 atom stereocenters. The molecule has 0 unspecified atom stereocenters. The third-order valence-corrected chi connectivity index (χ3v) is 5.15. The molecule has 2 aromatic carbocycles. The van der Waals surface area contributed by atoms with Gasteiger partial charge in [0.2, 0.25) is 0 Å². The summed E-state index contributed by atoms with van der Waals surface area (Å²) >= 11 is 0. The molecule has 1 aromatic heterocycles. The second-order valence-corrected chi connectivity index (χ2v) is 7.17. The minimum absolute atomic E-state index is 0.345. The van der Waals surface area contributed by atoms with Crippen molar-refractivity contribution in [2.45, 2.75) is 38.9 Å². The normalized spacial score (nSPS) is 19.6. The molecular weight excluding hydrogens is 285 g/mol. The molecule has 3 nitrogen and oxygen atoms in total. The summed E-state index contributed by atoms with van der Waals surface area (Å²) < 4.78 is 12.5. The zero-order valence-electron chi connectivity index (χ0n) is 14.0.